The fraction of sp³-hybridized carbons (Fsp3) is 0.267. The summed E-state index contributed by atoms with van der Waals surface area (Å²) in [4.78, 5) is 12.0. The highest BCUT2D eigenvalue weighted by Crippen LogP contribution is 2.21. The lowest BCUT2D eigenvalue weighted by Gasteiger charge is -2.21. The predicted molar refractivity (Wildman–Crippen MR) is 73.5 cm³/mol. The molecule has 0 aliphatic heterocycles. The van der Waals surface area contributed by atoms with Crippen molar-refractivity contribution >= 4 is 5.91 Å². The summed E-state index contributed by atoms with van der Waals surface area (Å²) in [6.45, 7) is 3.35. The Hall–Kier alpha value is -2.27. The molecule has 0 radical (unpaired) electrons. The third-order valence-electron chi connectivity index (χ3n) is 3.04. The van der Waals surface area contributed by atoms with Crippen molar-refractivity contribution in [2.45, 2.75) is 19.4 Å². The Morgan fingerprint density at radius 1 is 1.40 bits per heavy atom. The van der Waals surface area contributed by atoms with E-state index in [1.807, 2.05) is 6.92 Å². The molecule has 2 aromatic rings. The molecule has 5 nitrogen and oxygen atoms in total. The molecule has 1 aromatic heterocycles. The molecule has 0 aliphatic carbocycles. The fourth-order valence-electron chi connectivity index (χ4n) is 1.85. The quantitative estimate of drug-likeness (QED) is 0.796. The minimum Gasteiger partial charge on any atom is -0.507 e. The summed E-state index contributed by atoms with van der Waals surface area (Å²) in [6.07, 6.45) is 1.46. The van der Waals surface area contributed by atoms with Crippen LogP contribution in [0.4, 0.5) is 0 Å². The largest absolute Gasteiger partial charge is 0.507 e. The van der Waals surface area contributed by atoms with Gasteiger partial charge in [0.25, 0.3) is 5.91 Å². The highest BCUT2D eigenvalue weighted by molar-refractivity contribution is 5.97. The summed E-state index contributed by atoms with van der Waals surface area (Å²) >= 11 is 0. The van der Waals surface area contributed by atoms with Crippen molar-refractivity contribution in [3.05, 3.63) is 53.5 Å². The van der Waals surface area contributed by atoms with Gasteiger partial charge in [0.1, 0.15) is 17.1 Å². The maximum atomic E-state index is 12.0. The molecule has 1 atom stereocenters. The van der Waals surface area contributed by atoms with Crippen LogP contribution in [0, 0.1) is 6.92 Å². The summed E-state index contributed by atoms with van der Waals surface area (Å²) in [7, 11) is 0. The van der Waals surface area contributed by atoms with Crippen LogP contribution < -0.4 is 5.32 Å². The molecule has 3 N–H and O–H groups in total. The van der Waals surface area contributed by atoms with E-state index in [1.54, 1.807) is 31.2 Å². The van der Waals surface area contributed by atoms with Crippen molar-refractivity contribution in [1.82, 2.24) is 5.32 Å². The van der Waals surface area contributed by atoms with Gasteiger partial charge < -0.3 is 19.9 Å². The van der Waals surface area contributed by atoms with Crippen LogP contribution in [-0.2, 0) is 5.60 Å². The summed E-state index contributed by atoms with van der Waals surface area (Å²) < 4.78 is 5.13. The number of hydrogen-bond acceptors (Lipinski definition) is 4. The van der Waals surface area contributed by atoms with Crippen molar-refractivity contribution in [2.75, 3.05) is 6.54 Å². The third-order valence-corrected chi connectivity index (χ3v) is 3.04. The first kappa shape index (κ1) is 14.1. The number of aliphatic hydroxyl groups is 1. The lowest BCUT2D eigenvalue weighted by molar-refractivity contribution is 0.0330. The van der Waals surface area contributed by atoms with Crippen molar-refractivity contribution in [1.29, 1.82) is 0 Å². The van der Waals surface area contributed by atoms with E-state index in [-0.39, 0.29) is 17.9 Å². The van der Waals surface area contributed by atoms with Crippen LogP contribution in [0.15, 0.2) is 41.0 Å². The lowest BCUT2D eigenvalue weighted by atomic mass is 10.0. The number of rotatable bonds is 4. The third kappa shape index (κ3) is 3.00. The summed E-state index contributed by atoms with van der Waals surface area (Å²) in [5.74, 6) is -0.171. The molecule has 1 amide bonds. The van der Waals surface area contributed by atoms with Gasteiger partial charge in [-0.15, -0.1) is 0 Å². The molecule has 1 aromatic carbocycles. The van der Waals surface area contributed by atoms with E-state index < -0.39 is 11.5 Å². The van der Waals surface area contributed by atoms with Gasteiger partial charge >= 0.3 is 0 Å². The van der Waals surface area contributed by atoms with Gasteiger partial charge in [-0.25, -0.2) is 0 Å². The molecule has 0 aliphatic rings. The van der Waals surface area contributed by atoms with Crippen LogP contribution in [0.2, 0.25) is 0 Å². The number of aromatic hydroxyl groups is 1. The molecular weight excluding hydrogens is 258 g/mol. The predicted octanol–water partition coefficient (Wildman–Crippen LogP) is 1.93. The maximum Gasteiger partial charge on any atom is 0.255 e. The van der Waals surface area contributed by atoms with Gasteiger partial charge in [0.15, 0.2) is 0 Å². The number of carbonyl (C=O) groups excluding carboxylic acids is 1. The van der Waals surface area contributed by atoms with E-state index in [4.69, 9.17) is 4.42 Å². The van der Waals surface area contributed by atoms with Gasteiger partial charge in [-0.2, -0.15) is 0 Å². The Kier molecular flexibility index (Phi) is 3.81. The second-order valence-electron chi connectivity index (χ2n) is 4.95. The number of carbonyl (C=O) groups is 1. The summed E-state index contributed by atoms with van der Waals surface area (Å²) in [5, 5.41) is 22.5. The van der Waals surface area contributed by atoms with Gasteiger partial charge in [0, 0.05) is 0 Å². The van der Waals surface area contributed by atoms with E-state index in [0.717, 1.165) is 5.56 Å². The standard InChI is InChI=1S/C15H17NO4/c1-10-5-6-12(17)11(8-10)14(18)16-9-15(2,19)13-4-3-7-20-13/h3-8,17,19H,9H2,1-2H3,(H,16,18). The number of phenolic OH excluding ortho intramolecular Hbond substituents is 1. The molecule has 2 rings (SSSR count). The highest BCUT2D eigenvalue weighted by atomic mass is 16.4. The number of nitrogens with one attached hydrogen (secondary N) is 1. The zero-order chi connectivity index (χ0) is 14.8. The molecule has 106 valence electrons. The van der Waals surface area contributed by atoms with Gasteiger partial charge in [0.05, 0.1) is 18.4 Å². The number of benzene rings is 1. The van der Waals surface area contributed by atoms with Crippen molar-refractivity contribution in [2.24, 2.45) is 0 Å². The van der Waals surface area contributed by atoms with Crippen LogP contribution in [0.1, 0.15) is 28.6 Å². The van der Waals surface area contributed by atoms with Crippen LogP contribution in [-0.4, -0.2) is 22.7 Å². The minimum atomic E-state index is -1.31. The average Bonchev–Trinajstić information content (AvgIpc) is 2.93. The Labute approximate surface area is 116 Å². The Balaban J connectivity index is 2.07. The highest BCUT2D eigenvalue weighted by Gasteiger charge is 2.27. The van der Waals surface area contributed by atoms with E-state index in [2.05, 4.69) is 5.32 Å². The molecule has 0 saturated heterocycles. The average molecular weight is 275 g/mol. The zero-order valence-electron chi connectivity index (χ0n) is 11.4. The topological polar surface area (TPSA) is 82.7 Å². The van der Waals surface area contributed by atoms with Crippen LogP contribution in [0.3, 0.4) is 0 Å². The van der Waals surface area contributed by atoms with E-state index in [1.165, 1.54) is 12.3 Å². The number of amides is 1. The van der Waals surface area contributed by atoms with Gasteiger partial charge in [-0.1, -0.05) is 11.6 Å². The summed E-state index contributed by atoms with van der Waals surface area (Å²) in [5.41, 5.74) is -0.260. The number of aryl methyl sites for hydroxylation is 1. The monoisotopic (exact) mass is 275 g/mol. The van der Waals surface area contributed by atoms with Crippen molar-refractivity contribution in [3.63, 3.8) is 0 Å². The van der Waals surface area contributed by atoms with Gasteiger partial charge in [-0.3, -0.25) is 4.79 Å². The molecule has 0 spiro atoms. The minimum absolute atomic E-state index is 0.0211. The van der Waals surface area contributed by atoms with E-state index in [9.17, 15) is 15.0 Å². The zero-order valence-corrected chi connectivity index (χ0v) is 11.4. The first-order chi connectivity index (χ1) is 9.40. The number of furan rings is 1. The molecule has 1 unspecified atom stereocenters. The van der Waals surface area contributed by atoms with Gasteiger partial charge in [-0.05, 0) is 38.1 Å². The molecule has 1 heterocycles. The molecular formula is C15H17NO4. The summed E-state index contributed by atoms with van der Waals surface area (Å²) in [6, 6.07) is 8.07. The Morgan fingerprint density at radius 2 is 2.15 bits per heavy atom. The molecule has 20 heavy (non-hydrogen) atoms. The number of phenols is 1. The molecule has 5 heteroatoms. The first-order valence-electron chi connectivity index (χ1n) is 6.24. The number of hydrogen-bond donors (Lipinski definition) is 3. The van der Waals surface area contributed by atoms with E-state index in [0.29, 0.717) is 5.76 Å². The second-order valence-corrected chi connectivity index (χ2v) is 4.95. The smallest absolute Gasteiger partial charge is 0.255 e. The second kappa shape index (κ2) is 5.38. The van der Waals surface area contributed by atoms with Crippen molar-refractivity contribution < 1.29 is 19.4 Å². The first-order valence-corrected chi connectivity index (χ1v) is 6.24. The Bertz CT molecular complexity index is 602. The molecule has 0 saturated carbocycles. The normalized spacial score (nSPS) is 13.8. The SMILES string of the molecule is Cc1ccc(O)c(C(=O)NCC(C)(O)c2ccco2)c1. The lowest BCUT2D eigenvalue weighted by Crippen LogP contribution is -2.38. The molecule has 0 bridgehead atoms. The Morgan fingerprint density at radius 3 is 2.80 bits per heavy atom. The fourth-order valence-corrected chi connectivity index (χ4v) is 1.85. The van der Waals surface area contributed by atoms with Crippen molar-refractivity contribution in [3.8, 4) is 5.75 Å². The van der Waals surface area contributed by atoms with Gasteiger partial charge in [0.2, 0.25) is 0 Å². The van der Waals surface area contributed by atoms with Crippen LogP contribution >= 0.6 is 0 Å². The molecule has 0 fully saturated rings. The maximum absolute atomic E-state index is 12.0. The van der Waals surface area contributed by atoms with Crippen LogP contribution in [0.25, 0.3) is 0 Å². The van der Waals surface area contributed by atoms with E-state index >= 15 is 0 Å². The van der Waals surface area contributed by atoms with Crippen LogP contribution in [0.5, 0.6) is 5.75 Å².